The van der Waals surface area contributed by atoms with Gasteiger partial charge in [-0.1, -0.05) is 5.16 Å². The molecule has 4 heterocycles. The maximum atomic E-state index is 12.7. The maximum Gasteiger partial charge on any atom is 0.276 e. The van der Waals surface area contributed by atoms with Gasteiger partial charge in [0.25, 0.3) is 11.8 Å². The Labute approximate surface area is 183 Å². The number of carbonyl (C=O) groups is 3. The first-order valence-corrected chi connectivity index (χ1v) is 10.7. The summed E-state index contributed by atoms with van der Waals surface area (Å²) in [5, 5.41) is 27.4. The van der Waals surface area contributed by atoms with Crippen molar-refractivity contribution >= 4 is 51.7 Å². The number of thioether (sulfide) groups is 1. The number of amides is 2. The number of anilines is 1. The normalized spacial score (nSPS) is 20.8. The molecule has 1 saturated heterocycles. The van der Waals surface area contributed by atoms with Crippen molar-refractivity contribution in [3.05, 3.63) is 47.1 Å². The molecular formula is C17H15N7O5S2. The zero-order chi connectivity index (χ0) is 22.1. The second-order valence-corrected chi connectivity index (χ2v) is 8.53. The van der Waals surface area contributed by atoms with Gasteiger partial charge in [0.15, 0.2) is 29.8 Å². The summed E-state index contributed by atoms with van der Waals surface area (Å²) in [6.07, 6.45) is 6.49. The zero-order valence-electron chi connectivity index (χ0n) is 15.7. The van der Waals surface area contributed by atoms with E-state index in [1.165, 1.54) is 17.1 Å². The number of nitrogen functional groups attached to an aromatic ring is 1. The molecule has 2 aliphatic rings. The van der Waals surface area contributed by atoms with Gasteiger partial charge in [0.05, 0.1) is 24.1 Å². The molecule has 0 spiro atoms. The average molecular weight is 461 g/mol. The number of fused-ring (bicyclic) bond motifs is 1. The number of oxime groups is 1. The largest absolute Gasteiger partial charge is 0.543 e. The lowest BCUT2D eigenvalue weighted by molar-refractivity contribution is -0.689. The number of carboxylic acid groups (broad SMARTS) is 1. The Morgan fingerprint density at radius 2 is 2.16 bits per heavy atom. The van der Waals surface area contributed by atoms with Gasteiger partial charge in [-0.05, 0) is 0 Å². The Hall–Kier alpha value is -3.52. The summed E-state index contributed by atoms with van der Waals surface area (Å²) in [6, 6.07) is -0.991. The fraction of sp³-hybridized carbons (Fsp3) is 0.235. The fourth-order valence-corrected chi connectivity index (χ4v) is 5.17. The summed E-state index contributed by atoms with van der Waals surface area (Å²) in [7, 11) is 0. The van der Waals surface area contributed by atoms with Crippen LogP contribution in [0, 0.1) is 0 Å². The average Bonchev–Trinajstić information content (AvgIpc) is 3.18. The molecule has 2 aromatic rings. The van der Waals surface area contributed by atoms with Crippen molar-refractivity contribution in [2.45, 2.75) is 18.0 Å². The summed E-state index contributed by atoms with van der Waals surface area (Å²) in [5.74, 6) is -2.58. The molecular weight excluding hydrogens is 446 g/mol. The van der Waals surface area contributed by atoms with Crippen LogP contribution in [0.1, 0.15) is 5.69 Å². The van der Waals surface area contributed by atoms with Crippen LogP contribution >= 0.6 is 23.1 Å². The van der Waals surface area contributed by atoms with Gasteiger partial charge in [0.1, 0.15) is 17.1 Å². The van der Waals surface area contributed by atoms with E-state index in [1.807, 2.05) is 0 Å². The number of thiazole rings is 1. The minimum Gasteiger partial charge on any atom is -0.543 e. The van der Waals surface area contributed by atoms with E-state index in [9.17, 15) is 24.7 Å². The number of hydrogen-bond donors (Lipinski definition) is 3. The van der Waals surface area contributed by atoms with Crippen molar-refractivity contribution in [3.63, 3.8) is 0 Å². The smallest absolute Gasteiger partial charge is 0.276 e. The maximum absolute atomic E-state index is 12.7. The van der Waals surface area contributed by atoms with E-state index in [0.29, 0.717) is 11.3 Å². The highest BCUT2D eigenvalue weighted by Gasteiger charge is 2.53. The SMILES string of the molecule is Nc1nc(/C(=N/O)C(=O)NC2C(=O)N3C(C(=O)[O-])=C(C[n+]4ccncc4)CS[C@H]23)cs1. The monoisotopic (exact) mass is 461 g/mol. The van der Waals surface area contributed by atoms with E-state index in [1.54, 1.807) is 29.4 Å². The van der Waals surface area contributed by atoms with Crippen molar-refractivity contribution in [1.29, 1.82) is 0 Å². The molecule has 0 aromatic carbocycles. The molecule has 14 heteroatoms. The third kappa shape index (κ3) is 3.82. The number of β-lactam (4-membered cyclic amide) rings is 1. The second kappa shape index (κ2) is 8.31. The number of nitrogens with one attached hydrogen (secondary N) is 1. The van der Waals surface area contributed by atoms with E-state index >= 15 is 0 Å². The van der Waals surface area contributed by atoms with Crippen molar-refractivity contribution < 1.29 is 29.3 Å². The molecule has 31 heavy (non-hydrogen) atoms. The number of carbonyl (C=O) groups excluding carboxylic acids is 3. The molecule has 4 N–H and O–H groups in total. The van der Waals surface area contributed by atoms with Crippen LogP contribution in [0.2, 0.25) is 0 Å². The summed E-state index contributed by atoms with van der Waals surface area (Å²) in [5.41, 5.74) is 5.50. The molecule has 0 bridgehead atoms. The Morgan fingerprint density at radius 1 is 1.42 bits per heavy atom. The van der Waals surface area contributed by atoms with Crippen molar-refractivity contribution in [2.24, 2.45) is 5.16 Å². The molecule has 0 radical (unpaired) electrons. The summed E-state index contributed by atoms with van der Waals surface area (Å²) >= 11 is 2.37. The van der Waals surface area contributed by atoms with E-state index in [-0.39, 0.29) is 23.1 Å². The quantitative estimate of drug-likeness (QED) is 0.140. The van der Waals surface area contributed by atoms with Crippen LogP contribution in [0.5, 0.6) is 0 Å². The molecule has 0 aliphatic carbocycles. The number of nitrogens with two attached hydrogens (primary N) is 1. The van der Waals surface area contributed by atoms with E-state index < -0.39 is 34.9 Å². The first-order chi connectivity index (χ1) is 14.9. The first kappa shape index (κ1) is 20.7. The van der Waals surface area contributed by atoms with Gasteiger partial charge >= 0.3 is 0 Å². The molecule has 1 fully saturated rings. The Balaban J connectivity index is 1.52. The third-order valence-corrected chi connectivity index (χ3v) is 6.68. The standard InChI is InChI=1S/C17H15N7O5S2/c18-17-20-9(7-31-17)10(22-29)13(25)21-11-14(26)24-12(16(27)28)8(6-30-15(11)24)5-23-3-1-19-2-4-23/h1-4,7,11,15H,5-6H2,(H4-,18,20,21,25,27,28,29)/t11?,15-/m1/s1. The van der Waals surface area contributed by atoms with Crippen LogP contribution in [0.15, 0.2) is 46.6 Å². The van der Waals surface area contributed by atoms with Gasteiger partial charge in [-0.2, -0.15) is 4.57 Å². The predicted molar refractivity (Wildman–Crippen MR) is 106 cm³/mol. The minimum absolute atomic E-state index is 0.0643. The Kier molecular flexibility index (Phi) is 5.56. The molecule has 4 rings (SSSR count). The lowest BCUT2D eigenvalue weighted by Gasteiger charge is -2.50. The highest BCUT2D eigenvalue weighted by Crippen LogP contribution is 2.40. The lowest BCUT2D eigenvalue weighted by atomic mass is 10.0. The van der Waals surface area contributed by atoms with E-state index in [2.05, 4.69) is 20.4 Å². The fourth-order valence-electron chi connectivity index (χ4n) is 3.29. The van der Waals surface area contributed by atoms with Gasteiger partial charge in [-0.15, -0.1) is 23.1 Å². The van der Waals surface area contributed by atoms with Crippen LogP contribution in [0.25, 0.3) is 0 Å². The number of nitrogens with zero attached hydrogens (tertiary/aromatic N) is 5. The summed E-state index contributed by atoms with van der Waals surface area (Å²) < 4.78 is 1.74. The highest BCUT2D eigenvalue weighted by molar-refractivity contribution is 8.00. The zero-order valence-corrected chi connectivity index (χ0v) is 17.3. The molecule has 12 nitrogen and oxygen atoms in total. The van der Waals surface area contributed by atoms with E-state index in [4.69, 9.17) is 5.73 Å². The molecule has 1 unspecified atom stereocenters. The van der Waals surface area contributed by atoms with Crippen molar-refractivity contribution in [2.75, 3.05) is 11.5 Å². The van der Waals surface area contributed by atoms with E-state index in [0.717, 1.165) is 16.2 Å². The van der Waals surface area contributed by atoms with Crippen molar-refractivity contribution in [1.82, 2.24) is 20.2 Å². The molecule has 2 atom stereocenters. The minimum atomic E-state index is -1.47. The van der Waals surface area contributed by atoms with Gasteiger partial charge in [-0.25, -0.2) is 4.98 Å². The van der Waals surface area contributed by atoms with Crippen LogP contribution in [-0.2, 0) is 20.9 Å². The predicted octanol–water partition coefficient (Wildman–Crippen LogP) is -2.31. The number of rotatable bonds is 6. The van der Waals surface area contributed by atoms with Gasteiger partial charge in [0, 0.05) is 16.7 Å². The second-order valence-electron chi connectivity index (χ2n) is 6.54. The summed E-state index contributed by atoms with van der Waals surface area (Å²) in [6.45, 7) is 0.249. The lowest BCUT2D eigenvalue weighted by Crippen LogP contribution is -2.71. The summed E-state index contributed by atoms with van der Waals surface area (Å²) in [4.78, 5) is 46.0. The number of aliphatic carboxylic acids is 1. The van der Waals surface area contributed by atoms with Gasteiger partial charge in [0.2, 0.25) is 0 Å². The van der Waals surface area contributed by atoms with Crippen LogP contribution in [0.4, 0.5) is 5.13 Å². The Morgan fingerprint density at radius 3 is 2.77 bits per heavy atom. The molecule has 160 valence electrons. The third-order valence-electron chi connectivity index (χ3n) is 4.67. The number of aromatic nitrogens is 3. The van der Waals surface area contributed by atoms with Crippen LogP contribution < -0.4 is 20.7 Å². The van der Waals surface area contributed by atoms with Crippen molar-refractivity contribution in [3.8, 4) is 0 Å². The molecule has 2 amide bonds. The van der Waals surface area contributed by atoms with Crippen LogP contribution in [-0.4, -0.2) is 60.7 Å². The van der Waals surface area contributed by atoms with Gasteiger partial charge in [-0.3, -0.25) is 19.5 Å². The highest BCUT2D eigenvalue weighted by atomic mass is 32.2. The van der Waals surface area contributed by atoms with Crippen LogP contribution in [0.3, 0.4) is 0 Å². The Bertz CT molecular complexity index is 1120. The first-order valence-electron chi connectivity index (χ1n) is 8.82. The number of carboxylic acids is 1. The van der Waals surface area contributed by atoms with Gasteiger partial charge < -0.3 is 26.2 Å². The molecule has 0 saturated carbocycles. The molecule has 2 aliphatic heterocycles. The topological polar surface area (TPSA) is 178 Å². The molecule has 2 aromatic heterocycles. The number of hydrogen-bond acceptors (Lipinski definition) is 11.